The molecule has 0 saturated carbocycles. The lowest BCUT2D eigenvalue weighted by atomic mass is 10.1. The zero-order valence-electron chi connectivity index (χ0n) is 16.3. The number of hydrogen-bond acceptors (Lipinski definition) is 6. The fourth-order valence-corrected chi connectivity index (χ4v) is 5.00. The standard InChI is InChI=1S/C21H24N4OS2/c1-21(2)13-27-20(25-21)23-15-9-7-14(8-10-15)11-12-22-19-24-18-16(26-3)5-4-6-17(18)28-19/h4-10H,11-13H2,1-3H3,(H,22,24)(H,23,25). The summed E-state index contributed by atoms with van der Waals surface area (Å²) in [5.74, 6) is 1.87. The molecule has 28 heavy (non-hydrogen) atoms. The van der Waals surface area contributed by atoms with Crippen LogP contribution in [0.15, 0.2) is 47.5 Å². The van der Waals surface area contributed by atoms with Crippen molar-refractivity contribution in [2.75, 3.05) is 24.7 Å². The van der Waals surface area contributed by atoms with Gasteiger partial charge in [-0.2, -0.15) is 0 Å². The summed E-state index contributed by atoms with van der Waals surface area (Å²) in [6.45, 7) is 5.22. The molecule has 1 fully saturated rings. The van der Waals surface area contributed by atoms with E-state index in [4.69, 9.17) is 9.73 Å². The van der Waals surface area contributed by atoms with Gasteiger partial charge in [-0.05, 0) is 50.1 Å². The van der Waals surface area contributed by atoms with Crippen LogP contribution in [-0.4, -0.2) is 35.1 Å². The number of thioether (sulfide) groups is 1. The molecule has 0 unspecified atom stereocenters. The third kappa shape index (κ3) is 4.42. The number of nitrogens with one attached hydrogen (secondary N) is 2. The largest absolute Gasteiger partial charge is 0.494 e. The molecule has 2 aromatic carbocycles. The Balaban J connectivity index is 1.34. The monoisotopic (exact) mass is 412 g/mol. The van der Waals surface area contributed by atoms with Crippen LogP contribution >= 0.6 is 23.1 Å². The van der Waals surface area contributed by atoms with Crippen molar-refractivity contribution < 1.29 is 4.74 Å². The van der Waals surface area contributed by atoms with E-state index in [0.717, 1.165) is 50.7 Å². The minimum atomic E-state index is 0.125. The predicted molar refractivity (Wildman–Crippen MR) is 122 cm³/mol. The van der Waals surface area contributed by atoms with Crippen molar-refractivity contribution in [1.82, 2.24) is 10.3 Å². The number of benzene rings is 2. The third-order valence-electron chi connectivity index (χ3n) is 4.47. The summed E-state index contributed by atoms with van der Waals surface area (Å²) in [6.07, 6.45) is 0.934. The van der Waals surface area contributed by atoms with E-state index in [9.17, 15) is 0 Å². The molecule has 1 aliphatic rings. The maximum Gasteiger partial charge on any atom is 0.183 e. The van der Waals surface area contributed by atoms with E-state index in [1.807, 2.05) is 12.1 Å². The average Bonchev–Trinajstić information content (AvgIpc) is 3.25. The van der Waals surface area contributed by atoms with E-state index in [-0.39, 0.29) is 5.54 Å². The molecule has 1 aromatic heterocycles. The highest BCUT2D eigenvalue weighted by Gasteiger charge is 2.27. The van der Waals surface area contributed by atoms with Crippen LogP contribution in [0.4, 0.5) is 10.8 Å². The van der Waals surface area contributed by atoms with Gasteiger partial charge < -0.3 is 15.4 Å². The van der Waals surface area contributed by atoms with E-state index in [1.54, 1.807) is 30.2 Å². The molecule has 146 valence electrons. The summed E-state index contributed by atoms with van der Waals surface area (Å²) in [6, 6.07) is 14.5. The van der Waals surface area contributed by atoms with Gasteiger partial charge in [0.15, 0.2) is 10.3 Å². The minimum absolute atomic E-state index is 0.125. The van der Waals surface area contributed by atoms with Crippen molar-refractivity contribution >= 4 is 49.3 Å². The number of rotatable bonds is 6. The fraction of sp³-hybridized carbons (Fsp3) is 0.333. The van der Waals surface area contributed by atoms with Crippen LogP contribution in [0.2, 0.25) is 0 Å². The van der Waals surface area contributed by atoms with Crippen molar-refractivity contribution in [3.05, 3.63) is 48.0 Å². The van der Waals surface area contributed by atoms with Crippen molar-refractivity contribution in [3.63, 3.8) is 0 Å². The van der Waals surface area contributed by atoms with Crippen molar-refractivity contribution in [2.24, 2.45) is 4.99 Å². The molecule has 1 saturated heterocycles. The van der Waals surface area contributed by atoms with E-state index in [1.165, 1.54) is 5.56 Å². The van der Waals surface area contributed by atoms with Gasteiger partial charge in [-0.1, -0.05) is 41.3 Å². The Labute approximate surface area is 173 Å². The number of nitrogens with zero attached hydrogens (tertiary/aromatic N) is 2. The maximum atomic E-state index is 5.38. The molecule has 0 atom stereocenters. The number of amidine groups is 1. The summed E-state index contributed by atoms with van der Waals surface area (Å²) < 4.78 is 6.52. The molecule has 0 spiro atoms. The first kappa shape index (κ1) is 19.1. The summed E-state index contributed by atoms with van der Waals surface area (Å²) in [5, 5.41) is 8.81. The molecule has 3 aromatic rings. The van der Waals surface area contributed by atoms with Crippen LogP contribution in [0.1, 0.15) is 19.4 Å². The van der Waals surface area contributed by atoms with Crippen LogP contribution < -0.4 is 15.4 Å². The van der Waals surface area contributed by atoms with Gasteiger partial charge in [0.1, 0.15) is 11.3 Å². The number of thiazole rings is 1. The first-order chi connectivity index (χ1) is 13.5. The second-order valence-electron chi connectivity index (χ2n) is 7.38. The van der Waals surface area contributed by atoms with Gasteiger partial charge >= 0.3 is 0 Å². The molecule has 0 bridgehead atoms. The number of aliphatic imine (C=N–C) groups is 1. The molecular formula is C21H24N4OS2. The molecule has 4 rings (SSSR count). The van der Waals surface area contributed by atoms with Crippen LogP contribution in [0.5, 0.6) is 5.75 Å². The Kier molecular flexibility index (Phi) is 5.46. The Bertz CT molecular complexity index is 995. The summed E-state index contributed by atoms with van der Waals surface area (Å²) in [4.78, 5) is 9.35. The molecule has 7 heteroatoms. The zero-order chi connectivity index (χ0) is 19.6. The lowest BCUT2D eigenvalue weighted by molar-refractivity contribution is 0.419. The molecule has 0 radical (unpaired) electrons. The lowest BCUT2D eigenvalue weighted by Crippen LogP contribution is -2.36. The number of anilines is 1. The molecule has 1 aliphatic heterocycles. The second-order valence-corrected chi connectivity index (χ2v) is 9.38. The Morgan fingerprint density at radius 1 is 1.21 bits per heavy atom. The highest BCUT2D eigenvalue weighted by atomic mass is 32.2. The number of aromatic nitrogens is 1. The van der Waals surface area contributed by atoms with Crippen molar-refractivity contribution in [2.45, 2.75) is 25.8 Å². The number of methoxy groups -OCH3 is 1. The van der Waals surface area contributed by atoms with Gasteiger partial charge in [-0.3, -0.25) is 0 Å². The van der Waals surface area contributed by atoms with Crippen molar-refractivity contribution in [1.29, 1.82) is 0 Å². The average molecular weight is 413 g/mol. The number of ether oxygens (including phenoxy) is 1. The van der Waals surface area contributed by atoms with E-state index in [2.05, 4.69) is 59.8 Å². The fourth-order valence-electron chi connectivity index (χ4n) is 3.00. The Morgan fingerprint density at radius 2 is 2.04 bits per heavy atom. The smallest absolute Gasteiger partial charge is 0.183 e. The van der Waals surface area contributed by atoms with Gasteiger partial charge in [0.25, 0.3) is 0 Å². The Hall–Kier alpha value is -2.25. The van der Waals surface area contributed by atoms with Gasteiger partial charge in [-0.15, -0.1) is 0 Å². The summed E-state index contributed by atoms with van der Waals surface area (Å²) in [5.41, 5.74) is 3.31. The maximum absolute atomic E-state index is 5.38. The molecule has 0 aliphatic carbocycles. The number of fused-ring (bicyclic) bond motifs is 1. The Morgan fingerprint density at radius 3 is 2.75 bits per heavy atom. The van der Waals surface area contributed by atoms with E-state index in [0.29, 0.717) is 0 Å². The van der Waals surface area contributed by atoms with E-state index < -0.39 is 0 Å². The van der Waals surface area contributed by atoms with Crippen LogP contribution in [0, 0.1) is 0 Å². The highest BCUT2D eigenvalue weighted by Crippen LogP contribution is 2.32. The van der Waals surface area contributed by atoms with Gasteiger partial charge in [-0.25, -0.2) is 9.98 Å². The normalized spacial score (nSPS) is 17.0. The number of para-hydroxylation sites is 1. The summed E-state index contributed by atoms with van der Waals surface area (Å²) >= 11 is 3.43. The van der Waals surface area contributed by atoms with Gasteiger partial charge in [0.2, 0.25) is 0 Å². The van der Waals surface area contributed by atoms with Crippen LogP contribution in [0.25, 0.3) is 10.2 Å². The zero-order valence-corrected chi connectivity index (χ0v) is 17.9. The number of hydrogen-bond donors (Lipinski definition) is 2. The van der Waals surface area contributed by atoms with Crippen LogP contribution in [-0.2, 0) is 6.42 Å². The predicted octanol–water partition coefficient (Wildman–Crippen LogP) is 5.06. The topological polar surface area (TPSA) is 58.5 Å². The molecule has 2 N–H and O–H groups in total. The summed E-state index contributed by atoms with van der Waals surface area (Å²) in [7, 11) is 1.68. The van der Waals surface area contributed by atoms with Crippen LogP contribution in [0.3, 0.4) is 0 Å². The molecule has 0 amide bonds. The van der Waals surface area contributed by atoms with Gasteiger partial charge in [0, 0.05) is 17.8 Å². The second kappa shape index (κ2) is 8.01. The molecule has 5 nitrogen and oxygen atoms in total. The highest BCUT2D eigenvalue weighted by molar-refractivity contribution is 8.14. The molecular weight excluding hydrogens is 388 g/mol. The first-order valence-electron chi connectivity index (χ1n) is 9.28. The SMILES string of the molecule is COc1cccc2sc(NCCc3ccc(/N=C4/NC(C)(C)CS4)cc3)nc12. The third-order valence-corrected chi connectivity index (χ3v) is 6.78. The van der Waals surface area contributed by atoms with Crippen molar-refractivity contribution in [3.8, 4) is 5.75 Å². The lowest BCUT2D eigenvalue weighted by Gasteiger charge is -2.15. The van der Waals surface area contributed by atoms with E-state index >= 15 is 0 Å². The van der Waals surface area contributed by atoms with Gasteiger partial charge in [0.05, 0.1) is 17.5 Å². The minimum Gasteiger partial charge on any atom is -0.494 e. The quantitative estimate of drug-likeness (QED) is 0.592. The first-order valence-corrected chi connectivity index (χ1v) is 11.1. The molecule has 2 heterocycles.